The number of rotatable bonds is 7. The van der Waals surface area contributed by atoms with Gasteiger partial charge in [-0.3, -0.25) is 9.69 Å². The maximum absolute atomic E-state index is 13.5. The third-order valence-corrected chi connectivity index (χ3v) is 7.62. The van der Waals surface area contributed by atoms with Crippen molar-refractivity contribution in [1.29, 1.82) is 0 Å². The lowest BCUT2D eigenvalue weighted by molar-refractivity contribution is -0.122. The van der Waals surface area contributed by atoms with Crippen LogP contribution in [0.15, 0.2) is 82.7 Å². The van der Waals surface area contributed by atoms with E-state index in [4.69, 9.17) is 9.73 Å². The number of carbonyl (C=O) groups is 2. The zero-order valence-electron chi connectivity index (χ0n) is 22.0. The zero-order valence-corrected chi connectivity index (χ0v) is 22.8. The zero-order chi connectivity index (χ0) is 27.5. The van der Waals surface area contributed by atoms with Crippen molar-refractivity contribution in [2.45, 2.75) is 27.3 Å². The number of likely N-dealkylation sites (N-methyl/N-ethyl adjacent to an activating group) is 1. The Bertz CT molecular complexity index is 1600. The van der Waals surface area contributed by atoms with E-state index in [0.29, 0.717) is 41.0 Å². The van der Waals surface area contributed by atoms with Crippen LogP contribution in [0, 0.1) is 12.7 Å². The fourth-order valence-electron chi connectivity index (χ4n) is 4.61. The predicted molar refractivity (Wildman–Crippen MR) is 155 cm³/mol. The number of para-hydroxylation sites is 1. The first-order valence-corrected chi connectivity index (χ1v) is 13.6. The SMILES string of the molecule is CCOC(=O)c1ccc(N=C2SC(=Cc3c(C)n(Cc4ccc(F)cc4)c4ccccc34)C(=O)N2CC)cc1. The van der Waals surface area contributed by atoms with Crippen molar-refractivity contribution in [2.75, 3.05) is 13.2 Å². The van der Waals surface area contributed by atoms with Crippen LogP contribution < -0.4 is 0 Å². The Morgan fingerprint density at radius 1 is 1.03 bits per heavy atom. The predicted octanol–water partition coefficient (Wildman–Crippen LogP) is 6.94. The van der Waals surface area contributed by atoms with E-state index in [2.05, 4.69) is 16.7 Å². The summed E-state index contributed by atoms with van der Waals surface area (Å²) in [6, 6.07) is 21.4. The van der Waals surface area contributed by atoms with E-state index in [1.165, 1.54) is 23.9 Å². The highest BCUT2D eigenvalue weighted by Crippen LogP contribution is 2.37. The van der Waals surface area contributed by atoms with Gasteiger partial charge in [-0.15, -0.1) is 0 Å². The van der Waals surface area contributed by atoms with E-state index in [1.807, 2.05) is 32.1 Å². The number of nitrogens with zero attached hydrogens (tertiary/aromatic N) is 3. The number of hydrogen-bond donors (Lipinski definition) is 0. The van der Waals surface area contributed by atoms with Gasteiger partial charge in [0.25, 0.3) is 5.91 Å². The molecule has 0 bridgehead atoms. The van der Waals surface area contributed by atoms with Gasteiger partial charge in [0.15, 0.2) is 5.17 Å². The molecule has 1 saturated heterocycles. The number of hydrogen-bond acceptors (Lipinski definition) is 5. The van der Waals surface area contributed by atoms with E-state index >= 15 is 0 Å². The van der Waals surface area contributed by atoms with Crippen LogP contribution in [0.1, 0.15) is 41.0 Å². The minimum atomic E-state index is -0.378. The number of aliphatic imine (C=N–C) groups is 1. The molecule has 5 rings (SSSR count). The molecule has 1 aromatic heterocycles. The van der Waals surface area contributed by atoms with Gasteiger partial charge < -0.3 is 9.30 Å². The smallest absolute Gasteiger partial charge is 0.338 e. The fraction of sp³-hybridized carbons (Fsp3) is 0.194. The molecule has 0 saturated carbocycles. The summed E-state index contributed by atoms with van der Waals surface area (Å²) in [4.78, 5) is 32.3. The van der Waals surface area contributed by atoms with Gasteiger partial charge in [0.05, 0.1) is 22.8 Å². The number of aromatic nitrogens is 1. The Balaban J connectivity index is 1.48. The number of fused-ring (bicyclic) bond motifs is 1. The molecule has 2 heterocycles. The monoisotopic (exact) mass is 541 g/mol. The van der Waals surface area contributed by atoms with Gasteiger partial charge >= 0.3 is 5.97 Å². The molecule has 4 aromatic rings. The molecule has 0 aliphatic carbocycles. The van der Waals surface area contributed by atoms with Gasteiger partial charge in [-0.1, -0.05) is 30.3 Å². The van der Waals surface area contributed by atoms with Crippen molar-refractivity contribution in [3.05, 3.63) is 106 Å². The molecule has 0 spiro atoms. The molecule has 1 amide bonds. The summed E-state index contributed by atoms with van der Waals surface area (Å²) in [5, 5.41) is 1.63. The van der Waals surface area contributed by atoms with E-state index in [1.54, 1.807) is 48.2 Å². The summed E-state index contributed by atoms with van der Waals surface area (Å²) in [6.45, 7) is 7.10. The van der Waals surface area contributed by atoms with Crippen molar-refractivity contribution in [3.8, 4) is 0 Å². The number of amidine groups is 1. The molecule has 1 aliphatic heterocycles. The van der Waals surface area contributed by atoms with E-state index in [0.717, 1.165) is 27.7 Å². The summed E-state index contributed by atoms with van der Waals surface area (Å²) in [5.74, 6) is -0.737. The van der Waals surface area contributed by atoms with E-state index in [-0.39, 0.29) is 17.7 Å². The Morgan fingerprint density at radius 3 is 2.44 bits per heavy atom. The Morgan fingerprint density at radius 2 is 1.74 bits per heavy atom. The minimum absolute atomic E-state index is 0.0980. The van der Waals surface area contributed by atoms with Crippen LogP contribution >= 0.6 is 11.8 Å². The lowest BCUT2D eigenvalue weighted by Gasteiger charge is -2.12. The van der Waals surface area contributed by atoms with Gasteiger partial charge in [0.2, 0.25) is 0 Å². The number of carbonyl (C=O) groups excluding carboxylic acids is 2. The number of amides is 1. The second kappa shape index (κ2) is 11.3. The summed E-state index contributed by atoms with van der Waals surface area (Å²) in [6.07, 6.45) is 1.95. The standard InChI is InChI=1S/C31H28FN3O3S/c1-4-34-29(36)28(39-31(34)33-24-16-12-22(13-17-24)30(37)38-5-2)18-26-20(3)35(27-9-7-6-8-25(26)27)19-21-10-14-23(32)15-11-21/h6-18H,4-5,19H2,1-3H3. The molecule has 0 unspecified atom stereocenters. The van der Waals surface area contributed by atoms with Gasteiger partial charge in [0.1, 0.15) is 5.82 Å². The second-order valence-electron chi connectivity index (χ2n) is 9.05. The second-order valence-corrected chi connectivity index (χ2v) is 10.1. The molecule has 0 N–H and O–H groups in total. The Kier molecular flexibility index (Phi) is 7.65. The van der Waals surface area contributed by atoms with Crippen LogP contribution in [-0.2, 0) is 16.1 Å². The first kappa shape index (κ1) is 26.4. The van der Waals surface area contributed by atoms with Crippen molar-refractivity contribution in [3.63, 3.8) is 0 Å². The summed E-state index contributed by atoms with van der Waals surface area (Å²) in [5.41, 5.74) is 5.13. The van der Waals surface area contributed by atoms with Crippen LogP contribution in [0.4, 0.5) is 10.1 Å². The molecule has 6 nitrogen and oxygen atoms in total. The Hall–Kier alpha value is -4.17. The topological polar surface area (TPSA) is 63.9 Å². The normalized spacial score (nSPS) is 15.6. The van der Waals surface area contributed by atoms with E-state index in [9.17, 15) is 14.0 Å². The van der Waals surface area contributed by atoms with Crippen LogP contribution in [-0.4, -0.2) is 39.7 Å². The fourth-order valence-corrected chi connectivity index (χ4v) is 5.66. The highest BCUT2D eigenvalue weighted by molar-refractivity contribution is 8.18. The molecule has 3 aromatic carbocycles. The highest BCUT2D eigenvalue weighted by Gasteiger charge is 2.32. The number of ether oxygens (including phenoxy) is 1. The molecular formula is C31H28FN3O3S. The van der Waals surface area contributed by atoms with Crippen molar-refractivity contribution >= 4 is 51.5 Å². The van der Waals surface area contributed by atoms with Gasteiger partial charge in [0, 0.05) is 35.2 Å². The summed E-state index contributed by atoms with van der Waals surface area (Å²) >= 11 is 1.34. The largest absolute Gasteiger partial charge is 0.462 e. The maximum atomic E-state index is 13.5. The van der Waals surface area contributed by atoms with Gasteiger partial charge in [-0.05, 0) is 86.6 Å². The van der Waals surface area contributed by atoms with Gasteiger partial charge in [-0.2, -0.15) is 0 Å². The third-order valence-electron chi connectivity index (χ3n) is 6.62. The molecule has 8 heteroatoms. The van der Waals surface area contributed by atoms with Crippen LogP contribution in [0.2, 0.25) is 0 Å². The molecule has 0 radical (unpaired) electrons. The summed E-state index contributed by atoms with van der Waals surface area (Å²) < 4.78 is 20.7. The molecule has 39 heavy (non-hydrogen) atoms. The maximum Gasteiger partial charge on any atom is 0.338 e. The van der Waals surface area contributed by atoms with Crippen LogP contribution in [0.5, 0.6) is 0 Å². The molecule has 198 valence electrons. The van der Waals surface area contributed by atoms with Crippen LogP contribution in [0.25, 0.3) is 17.0 Å². The number of halogens is 1. The third kappa shape index (κ3) is 5.38. The van der Waals surface area contributed by atoms with Crippen LogP contribution in [0.3, 0.4) is 0 Å². The molecular weight excluding hydrogens is 513 g/mol. The lowest BCUT2D eigenvalue weighted by Crippen LogP contribution is -2.28. The van der Waals surface area contributed by atoms with Crippen molar-refractivity contribution in [1.82, 2.24) is 9.47 Å². The highest BCUT2D eigenvalue weighted by atomic mass is 32.2. The summed E-state index contributed by atoms with van der Waals surface area (Å²) in [7, 11) is 0. The number of thioether (sulfide) groups is 1. The average molecular weight is 542 g/mol. The van der Waals surface area contributed by atoms with E-state index < -0.39 is 0 Å². The quantitative estimate of drug-likeness (QED) is 0.188. The minimum Gasteiger partial charge on any atom is -0.462 e. The van der Waals surface area contributed by atoms with Crippen molar-refractivity contribution in [2.24, 2.45) is 4.99 Å². The lowest BCUT2D eigenvalue weighted by atomic mass is 10.1. The molecule has 1 aliphatic rings. The first-order valence-electron chi connectivity index (χ1n) is 12.8. The van der Waals surface area contributed by atoms with Gasteiger partial charge in [-0.25, -0.2) is 14.2 Å². The number of esters is 1. The van der Waals surface area contributed by atoms with Crippen molar-refractivity contribution < 1.29 is 18.7 Å². The molecule has 1 fully saturated rings. The molecule has 0 atom stereocenters. The Labute approximate surface area is 230 Å². The number of benzene rings is 3. The first-order chi connectivity index (χ1) is 18.9. The average Bonchev–Trinajstić information content (AvgIpc) is 3.38.